The molecule has 2 amide bonds. The molecule has 1 fully saturated rings. The molecule has 2 rings (SSSR count). The Bertz CT molecular complexity index is 488. The summed E-state index contributed by atoms with van der Waals surface area (Å²) in [5.41, 5.74) is 0.958. The van der Waals surface area contributed by atoms with Gasteiger partial charge in [0.1, 0.15) is 6.61 Å². The second-order valence-electron chi connectivity index (χ2n) is 5.64. The number of nitrogens with one attached hydrogen (secondary N) is 1. The predicted octanol–water partition coefficient (Wildman–Crippen LogP) is 2.17. The SMILES string of the molecule is CC(C)NC(=O)C1CCN(C(=O)OCc2ccccc2)C1. The third kappa shape index (κ3) is 4.48. The summed E-state index contributed by atoms with van der Waals surface area (Å²) in [4.78, 5) is 25.5. The van der Waals surface area contributed by atoms with Crippen LogP contribution in [-0.4, -0.2) is 36.0 Å². The molecule has 0 saturated carbocycles. The molecule has 0 spiro atoms. The molecule has 0 aromatic heterocycles. The van der Waals surface area contributed by atoms with Crippen molar-refractivity contribution in [1.29, 1.82) is 0 Å². The summed E-state index contributed by atoms with van der Waals surface area (Å²) in [6, 6.07) is 9.68. The standard InChI is InChI=1S/C16H22N2O3/c1-12(2)17-15(19)14-8-9-18(10-14)16(20)21-11-13-6-4-3-5-7-13/h3-7,12,14H,8-11H2,1-2H3,(H,17,19). The summed E-state index contributed by atoms with van der Waals surface area (Å²) < 4.78 is 5.28. The highest BCUT2D eigenvalue weighted by Gasteiger charge is 2.31. The first kappa shape index (κ1) is 15.4. The van der Waals surface area contributed by atoms with Crippen molar-refractivity contribution < 1.29 is 14.3 Å². The third-order valence-electron chi connectivity index (χ3n) is 3.45. The summed E-state index contributed by atoms with van der Waals surface area (Å²) in [6.45, 7) is 5.13. The minimum absolute atomic E-state index is 0.0170. The molecule has 1 heterocycles. The smallest absolute Gasteiger partial charge is 0.410 e. The molecule has 1 aromatic carbocycles. The molecule has 0 aliphatic carbocycles. The lowest BCUT2D eigenvalue weighted by atomic mass is 10.1. The molecule has 1 atom stereocenters. The number of nitrogens with zero attached hydrogens (tertiary/aromatic N) is 1. The Kier molecular flexibility index (Phi) is 5.20. The van der Waals surface area contributed by atoms with Crippen molar-refractivity contribution in [2.75, 3.05) is 13.1 Å². The largest absolute Gasteiger partial charge is 0.445 e. The van der Waals surface area contributed by atoms with E-state index in [1.54, 1.807) is 4.90 Å². The van der Waals surface area contributed by atoms with E-state index >= 15 is 0 Å². The van der Waals surface area contributed by atoms with Crippen molar-refractivity contribution in [3.63, 3.8) is 0 Å². The molecule has 5 heteroatoms. The lowest BCUT2D eigenvalue weighted by molar-refractivity contribution is -0.125. The summed E-state index contributed by atoms with van der Waals surface area (Å²) in [5, 5.41) is 2.88. The number of hydrogen-bond donors (Lipinski definition) is 1. The van der Waals surface area contributed by atoms with E-state index < -0.39 is 0 Å². The quantitative estimate of drug-likeness (QED) is 0.924. The van der Waals surface area contributed by atoms with Crippen molar-refractivity contribution in [2.24, 2.45) is 5.92 Å². The fourth-order valence-corrected chi connectivity index (χ4v) is 2.35. The van der Waals surface area contributed by atoms with Crippen LogP contribution in [0.15, 0.2) is 30.3 Å². The normalized spacial score (nSPS) is 17.9. The zero-order chi connectivity index (χ0) is 15.2. The predicted molar refractivity (Wildman–Crippen MR) is 79.6 cm³/mol. The Morgan fingerprint density at radius 2 is 2.05 bits per heavy atom. The lowest BCUT2D eigenvalue weighted by Crippen LogP contribution is -2.37. The van der Waals surface area contributed by atoms with Gasteiger partial charge in [0.25, 0.3) is 0 Å². The van der Waals surface area contributed by atoms with Crippen LogP contribution in [0, 0.1) is 5.92 Å². The Balaban J connectivity index is 1.78. The molecule has 1 aliphatic heterocycles. The summed E-state index contributed by atoms with van der Waals surface area (Å²) in [6.07, 6.45) is 0.345. The van der Waals surface area contributed by atoms with Gasteiger partial charge in [-0.25, -0.2) is 4.79 Å². The Labute approximate surface area is 125 Å². The van der Waals surface area contributed by atoms with Crippen molar-refractivity contribution in [1.82, 2.24) is 10.2 Å². The monoisotopic (exact) mass is 290 g/mol. The lowest BCUT2D eigenvalue weighted by Gasteiger charge is -2.17. The van der Waals surface area contributed by atoms with E-state index in [2.05, 4.69) is 5.32 Å². The van der Waals surface area contributed by atoms with Gasteiger partial charge in [-0.15, -0.1) is 0 Å². The molecule has 1 aromatic rings. The topological polar surface area (TPSA) is 58.6 Å². The highest BCUT2D eigenvalue weighted by molar-refractivity contribution is 5.80. The number of amides is 2. The van der Waals surface area contributed by atoms with Crippen molar-refractivity contribution >= 4 is 12.0 Å². The summed E-state index contributed by atoms with van der Waals surface area (Å²) in [7, 11) is 0. The van der Waals surface area contributed by atoms with E-state index in [-0.39, 0.29) is 30.6 Å². The molecular formula is C16H22N2O3. The number of hydrogen-bond acceptors (Lipinski definition) is 3. The van der Waals surface area contributed by atoms with Crippen LogP contribution >= 0.6 is 0 Å². The Hall–Kier alpha value is -2.04. The average Bonchev–Trinajstić information content (AvgIpc) is 2.95. The molecule has 114 valence electrons. The Morgan fingerprint density at radius 1 is 1.33 bits per heavy atom. The highest BCUT2D eigenvalue weighted by Crippen LogP contribution is 2.18. The molecule has 0 bridgehead atoms. The van der Waals surface area contributed by atoms with Gasteiger partial charge >= 0.3 is 6.09 Å². The molecule has 0 radical (unpaired) electrons. The van der Waals surface area contributed by atoms with Crippen LogP contribution in [0.2, 0.25) is 0 Å². The van der Waals surface area contributed by atoms with Crippen molar-refractivity contribution in [3.8, 4) is 0 Å². The maximum absolute atomic E-state index is 12.0. The number of carbonyl (C=O) groups is 2. The van der Waals surface area contributed by atoms with Gasteiger partial charge in [-0.05, 0) is 25.8 Å². The van der Waals surface area contributed by atoms with Gasteiger partial charge in [-0.2, -0.15) is 0 Å². The zero-order valence-corrected chi connectivity index (χ0v) is 12.5. The zero-order valence-electron chi connectivity index (χ0n) is 12.5. The Morgan fingerprint density at radius 3 is 2.71 bits per heavy atom. The second-order valence-corrected chi connectivity index (χ2v) is 5.64. The number of rotatable bonds is 4. The van der Waals surface area contributed by atoms with E-state index in [1.807, 2.05) is 44.2 Å². The van der Waals surface area contributed by atoms with E-state index in [1.165, 1.54) is 0 Å². The molecular weight excluding hydrogens is 268 g/mol. The van der Waals surface area contributed by atoms with E-state index in [0.717, 1.165) is 5.56 Å². The van der Waals surface area contributed by atoms with Crippen LogP contribution in [0.25, 0.3) is 0 Å². The van der Waals surface area contributed by atoms with Crippen molar-refractivity contribution in [2.45, 2.75) is 32.9 Å². The van der Waals surface area contributed by atoms with Gasteiger partial charge in [0.05, 0.1) is 5.92 Å². The molecule has 5 nitrogen and oxygen atoms in total. The van der Waals surface area contributed by atoms with Gasteiger partial charge in [0.15, 0.2) is 0 Å². The van der Waals surface area contributed by atoms with E-state index in [9.17, 15) is 9.59 Å². The van der Waals surface area contributed by atoms with E-state index in [4.69, 9.17) is 4.74 Å². The van der Waals surface area contributed by atoms with Gasteiger partial charge in [0.2, 0.25) is 5.91 Å². The van der Waals surface area contributed by atoms with Crippen LogP contribution in [0.1, 0.15) is 25.8 Å². The number of carbonyl (C=O) groups excluding carboxylic acids is 2. The van der Waals surface area contributed by atoms with Gasteiger partial charge < -0.3 is 15.0 Å². The average molecular weight is 290 g/mol. The molecule has 1 N–H and O–H groups in total. The van der Waals surface area contributed by atoms with Crippen LogP contribution in [0.3, 0.4) is 0 Å². The minimum Gasteiger partial charge on any atom is -0.445 e. The first-order valence-electron chi connectivity index (χ1n) is 7.32. The fourth-order valence-electron chi connectivity index (χ4n) is 2.35. The fraction of sp³-hybridized carbons (Fsp3) is 0.500. The molecule has 1 saturated heterocycles. The summed E-state index contributed by atoms with van der Waals surface area (Å²) >= 11 is 0. The first-order chi connectivity index (χ1) is 10.1. The summed E-state index contributed by atoms with van der Waals surface area (Å²) in [5.74, 6) is -0.111. The van der Waals surface area contributed by atoms with Gasteiger partial charge in [-0.3, -0.25) is 4.79 Å². The maximum atomic E-state index is 12.0. The van der Waals surface area contributed by atoms with Crippen LogP contribution in [-0.2, 0) is 16.1 Å². The van der Waals surface area contributed by atoms with Crippen molar-refractivity contribution in [3.05, 3.63) is 35.9 Å². The van der Waals surface area contributed by atoms with Gasteiger partial charge in [-0.1, -0.05) is 30.3 Å². The number of ether oxygens (including phenoxy) is 1. The molecule has 1 unspecified atom stereocenters. The number of benzene rings is 1. The molecule has 1 aliphatic rings. The first-order valence-corrected chi connectivity index (χ1v) is 7.32. The van der Waals surface area contributed by atoms with Crippen LogP contribution in [0.5, 0.6) is 0 Å². The number of likely N-dealkylation sites (tertiary alicyclic amines) is 1. The van der Waals surface area contributed by atoms with Crippen LogP contribution in [0.4, 0.5) is 4.79 Å². The van der Waals surface area contributed by atoms with E-state index in [0.29, 0.717) is 19.5 Å². The maximum Gasteiger partial charge on any atom is 0.410 e. The molecule has 21 heavy (non-hydrogen) atoms. The highest BCUT2D eigenvalue weighted by atomic mass is 16.6. The van der Waals surface area contributed by atoms with Gasteiger partial charge in [0, 0.05) is 19.1 Å². The minimum atomic E-state index is -0.348. The third-order valence-corrected chi connectivity index (χ3v) is 3.45. The second kappa shape index (κ2) is 7.11. The van der Waals surface area contributed by atoms with Crippen LogP contribution < -0.4 is 5.32 Å².